The number of aromatic nitrogens is 2. The average Bonchev–Trinajstić information content (AvgIpc) is 2.75. The van der Waals surface area contributed by atoms with E-state index in [1.807, 2.05) is 12.1 Å². The smallest absolute Gasteiger partial charge is 0.356 e. The number of hydrogen-bond donors (Lipinski definition) is 2. The molecule has 0 saturated heterocycles. The lowest BCUT2D eigenvalue weighted by Gasteiger charge is -2.09. The fourth-order valence-corrected chi connectivity index (χ4v) is 2.61. The molecule has 0 unspecified atom stereocenters. The molecule has 29 heavy (non-hydrogen) atoms. The highest BCUT2D eigenvalue weighted by Crippen LogP contribution is 2.09. The van der Waals surface area contributed by atoms with Crippen molar-refractivity contribution in [2.24, 2.45) is 0 Å². The van der Waals surface area contributed by atoms with Crippen LogP contribution < -0.4 is 10.6 Å². The molecule has 9 nitrogen and oxygen atoms in total. The second-order valence-electron chi connectivity index (χ2n) is 6.14. The summed E-state index contributed by atoms with van der Waals surface area (Å²) in [6.07, 6.45) is 0. The highest BCUT2D eigenvalue weighted by atomic mass is 16.5. The molecule has 9 heteroatoms. The number of hydrogen-bond acceptors (Lipinski definition) is 9. The van der Waals surface area contributed by atoms with Crippen LogP contribution in [0.3, 0.4) is 0 Å². The van der Waals surface area contributed by atoms with Gasteiger partial charge in [-0.1, -0.05) is 6.07 Å². The van der Waals surface area contributed by atoms with Crippen molar-refractivity contribution in [3.8, 4) is 0 Å². The number of nitrogens with one attached hydrogen (secondary N) is 2. The highest BCUT2D eigenvalue weighted by molar-refractivity contribution is 5.87. The third kappa shape index (κ3) is 7.22. The lowest BCUT2D eigenvalue weighted by Crippen LogP contribution is -2.27. The van der Waals surface area contributed by atoms with E-state index < -0.39 is 11.9 Å². The predicted octanol–water partition coefficient (Wildman–Crippen LogP) is 1.08. The van der Waals surface area contributed by atoms with E-state index in [0.29, 0.717) is 32.8 Å². The number of ether oxygens (including phenoxy) is 3. The molecule has 0 saturated carbocycles. The number of rotatable bonds is 11. The maximum Gasteiger partial charge on any atom is 0.356 e. The molecular formula is C20H26N4O5. The predicted molar refractivity (Wildman–Crippen MR) is 105 cm³/mol. The number of carbonyl (C=O) groups is 2. The van der Waals surface area contributed by atoms with E-state index in [1.165, 1.54) is 14.2 Å². The van der Waals surface area contributed by atoms with Gasteiger partial charge in [-0.2, -0.15) is 0 Å². The van der Waals surface area contributed by atoms with Gasteiger partial charge in [-0.15, -0.1) is 0 Å². The Kier molecular flexibility index (Phi) is 9.16. The van der Waals surface area contributed by atoms with E-state index in [-0.39, 0.29) is 11.4 Å². The first kappa shape index (κ1) is 22.4. The molecule has 2 rings (SSSR count). The average molecular weight is 402 g/mol. The highest BCUT2D eigenvalue weighted by Gasteiger charge is 2.11. The van der Waals surface area contributed by atoms with Crippen LogP contribution in [0.5, 0.6) is 0 Å². The van der Waals surface area contributed by atoms with Crippen molar-refractivity contribution in [1.29, 1.82) is 0 Å². The number of carbonyl (C=O) groups excluding carboxylic acids is 2. The minimum Gasteiger partial charge on any atom is -0.464 e. The first-order valence-corrected chi connectivity index (χ1v) is 9.10. The number of methoxy groups -OCH3 is 3. The fraction of sp³-hybridized carbons (Fsp3) is 0.400. The Morgan fingerprint density at radius 1 is 0.862 bits per heavy atom. The van der Waals surface area contributed by atoms with Crippen molar-refractivity contribution >= 4 is 11.9 Å². The number of esters is 2. The molecule has 0 radical (unpaired) electrons. The van der Waals surface area contributed by atoms with E-state index in [2.05, 4.69) is 25.3 Å². The lowest BCUT2D eigenvalue weighted by molar-refractivity contribution is 0.0584. The zero-order chi connectivity index (χ0) is 21.1. The molecule has 0 aliphatic rings. The molecule has 0 aliphatic carbocycles. The van der Waals surface area contributed by atoms with E-state index in [1.54, 1.807) is 25.3 Å². The second kappa shape index (κ2) is 11.8. The number of nitrogens with zero attached hydrogens (tertiary/aromatic N) is 2. The molecule has 2 heterocycles. The van der Waals surface area contributed by atoms with E-state index in [0.717, 1.165) is 17.0 Å². The summed E-state index contributed by atoms with van der Waals surface area (Å²) in [4.78, 5) is 31.8. The largest absolute Gasteiger partial charge is 0.464 e. The van der Waals surface area contributed by atoms with Crippen LogP contribution in [0.1, 0.15) is 37.9 Å². The fourth-order valence-electron chi connectivity index (χ4n) is 2.61. The maximum absolute atomic E-state index is 11.8. The zero-order valence-electron chi connectivity index (χ0n) is 16.9. The van der Waals surface area contributed by atoms with E-state index >= 15 is 0 Å². The monoisotopic (exact) mass is 402 g/mol. The topological polar surface area (TPSA) is 112 Å². The molecule has 156 valence electrons. The molecule has 0 atom stereocenters. The minimum atomic E-state index is -0.479. The van der Waals surface area contributed by atoms with Crippen molar-refractivity contribution in [2.45, 2.75) is 19.7 Å². The van der Waals surface area contributed by atoms with Crippen LogP contribution in [-0.4, -0.2) is 56.3 Å². The Labute approximate surface area is 169 Å². The molecule has 0 bridgehead atoms. The van der Waals surface area contributed by atoms with Crippen LogP contribution in [0.4, 0.5) is 0 Å². The normalized spacial score (nSPS) is 10.6. The first-order chi connectivity index (χ1) is 14.1. The van der Waals surface area contributed by atoms with Crippen molar-refractivity contribution < 1.29 is 23.8 Å². The summed E-state index contributed by atoms with van der Waals surface area (Å²) in [6, 6.07) is 8.77. The Morgan fingerprint density at radius 3 is 2.14 bits per heavy atom. The van der Waals surface area contributed by atoms with Crippen LogP contribution in [0.15, 0.2) is 30.3 Å². The van der Waals surface area contributed by atoms with Crippen LogP contribution in [0, 0.1) is 0 Å². The molecule has 0 spiro atoms. The second-order valence-corrected chi connectivity index (χ2v) is 6.14. The van der Waals surface area contributed by atoms with Crippen LogP contribution in [0.25, 0.3) is 0 Å². The summed E-state index contributed by atoms with van der Waals surface area (Å²) >= 11 is 0. The molecule has 0 fully saturated rings. The van der Waals surface area contributed by atoms with Gasteiger partial charge in [0.15, 0.2) is 0 Å². The van der Waals surface area contributed by atoms with Crippen LogP contribution >= 0.6 is 0 Å². The Hall–Kier alpha value is -2.88. The molecular weight excluding hydrogens is 376 g/mol. The van der Waals surface area contributed by atoms with Crippen LogP contribution in [0.2, 0.25) is 0 Å². The molecule has 0 aromatic carbocycles. The molecule has 0 aliphatic heterocycles. The summed E-state index contributed by atoms with van der Waals surface area (Å²) in [5, 5.41) is 6.52. The van der Waals surface area contributed by atoms with Gasteiger partial charge in [-0.05, 0) is 29.8 Å². The van der Waals surface area contributed by atoms with Gasteiger partial charge in [0.2, 0.25) is 0 Å². The molecule has 2 aromatic rings. The summed E-state index contributed by atoms with van der Waals surface area (Å²) in [6.45, 7) is 2.78. The summed E-state index contributed by atoms with van der Waals surface area (Å²) in [5.41, 5.74) is 2.88. The van der Waals surface area contributed by atoms with E-state index in [4.69, 9.17) is 9.47 Å². The number of pyridine rings is 2. The lowest BCUT2D eigenvalue weighted by atomic mass is 10.2. The minimum absolute atomic E-state index is 0.258. The quantitative estimate of drug-likeness (QED) is 0.421. The van der Waals surface area contributed by atoms with Gasteiger partial charge in [0, 0.05) is 33.3 Å². The third-order valence-corrected chi connectivity index (χ3v) is 3.94. The van der Waals surface area contributed by atoms with Crippen molar-refractivity contribution in [1.82, 2.24) is 20.6 Å². The summed E-state index contributed by atoms with van der Waals surface area (Å²) in [7, 11) is 4.25. The standard InChI is InChI=1S/C20H26N4O5/c1-27-13-14-9-16(24-18(10-14)20(26)29-3)12-22-8-7-21-11-15-5-4-6-17(23-15)19(25)28-2/h4-6,9-10,21-22H,7-8,11-13H2,1-3H3. The third-order valence-electron chi connectivity index (χ3n) is 3.94. The zero-order valence-corrected chi connectivity index (χ0v) is 16.9. The Balaban J connectivity index is 1.80. The van der Waals surface area contributed by atoms with Gasteiger partial charge < -0.3 is 24.8 Å². The molecule has 0 amide bonds. The van der Waals surface area contributed by atoms with Gasteiger partial charge in [0.25, 0.3) is 0 Å². The van der Waals surface area contributed by atoms with Crippen molar-refractivity contribution in [2.75, 3.05) is 34.4 Å². The summed E-state index contributed by atoms with van der Waals surface area (Å²) < 4.78 is 14.6. The van der Waals surface area contributed by atoms with Gasteiger partial charge in [0.1, 0.15) is 11.4 Å². The van der Waals surface area contributed by atoms with E-state index in [9.17, 15) is 9.59 Å². The Morgan fingerprint density at radius 2 is 1.48 bits per heavy atom. The van der Waals surface area contributed by atoms with Gasteiger partial charge in [-0.25, -0.2) is 19.6 Å². The first-order valence-electron chi connectivity index (χ1n) is 9.10. The SMILES string of the molecule is COCc1cc(CNCCNCc2cccc(C(=O)OC)n2)nc(C(=O)OC)c1. The van der Waals surface area contributed by atoms with Gasteiger partial charge in [-0.3, -0.25) is 0 Å². The van der Waals surface area contributed by atoms with Gasteiger partial charge >= 0.3 is 11.9 Å². The Bertz CT molecular complexity index is 828. The van der Waals surface area contributed by atoms with Crippen molar-refractivity contribution in [3.63, 3.8) is 0 Å². The summed E-state index contributed by atoms with van der Waals surface area (Å²) in [5.74, 6) is -0.935. The maximum atomic E-state index is 11.8. The van der Waals surface area contributed by atoms with Crippen LogP contribution in [-0.2, 0) is 33.9 Å². The molecule has 2 N–H and O–H groups in total. The van der Waals surface area contributed by atoms with Crippen molar-refractivity contribution in [3.05, 3.63) is 58.7 Å². The molecule has 2 aromatic heterocycles. The van der Waals surface area contributed by atoms with Gasteiger partial charge in [0.05, 0.1) is 32.2 Å².